The number of aromatic amines is 1. The van der Waals surface area contributed by atoms with Crippen molar-refractivity contribution in [3.05, 3.63) is 30.0 Å². The van der Waals surface area contributed by atoms with Crippen molar-refractivity contribution >= 4 is 26.6 Å². The monoisotopic (exact) mass is 336 g/mol. The van der Waals surface area contributed by atoms with E-state index < -0.39 is 9.84 Å². The lowest BCUT2D eigenvalue weighted by Crippen LogP contribution is -2.40. The van der Waals surface area contributed by atoms with E-state index >= 15 is 0 Å². The molecule has 2 aromatic rings. The fourth-order valence-electron chi connectivity index (χ4n) is 3.15. The topological polar surface area (TPSA) is 79.5 Å². The van der Waals surface area contributed by atoms with Gasteiger partial charge in [-0.3, -0.25) is 4.79 Å². The van der Waals surface area contributed by atoms with E-state index in [1.54, 1.807) is 18.2 Å². The molecule has 6 nitrogen and oxygen atoms in total. The first-order chi connectivity index (χ1) is 10.9. The zero-order valence-corrected chi connectivity index (χ0v) is 14.0. The number of amides is 1. The van der Waals surface area contributed by atoms with Gasteiger partial charge in [0.15, 0.2) is 9.84 Å². The largest absolute Gasteiger partial charge is 0.497 e. The maximum absolute atomic E-state index is 12.9. The second-order valence-electron chi connectivity index (χ2n) is 5.76. The Bertz CT molecular complexity index is 841. The van der Waals surface area contributed by atoms with Gasteiger partial charge in [0.2, 0.25) is 0 Å². The van der Waals surface area contributed by atoms with Crippen LogP contribution < -0.4 is 4.74 Å². The van der Waals surface area contributed by atoms with Gasteiger partial charge in [-0.1, -0.05) is 0 Å². The number of benzene rings is 1. The molecule has 0 saturated carbocycles. The number of rotatable bonds is 4. The van der Waals surface area contributed by atoms with Gasteiger partial charge in [0, 0.05) is 35.8 Å². The van der Waals surface area contributed by atoms with E-state index in [1.807, 2.05) is 25.1 Å². The first-order valence-corrected chi connectivity index (χ1v) is 9.44. The number of sulfone groups is 1. The molecule has 1 aliphatic heterocycles. The van der Waals surface area contributed by atoms with Crippen LogP contribution in [0.1, 0.15) is 23.7 Å². The van der Waals surface area contributed by atoms with Crippen molar-refractivity contribution in [2.75, 3.05) is 25.2 Å². The standard InChI is InChI=1S/C16H20N2O4S/c1-3-18(11-6-7-23(20,21)10-11)16(19)14-9-17-15-8-12(22-2)4-5-13(14)15/h4-5,8-9,11,17H,3,6-7,10H2,1-2H3. The maximum atomic E-state index is 12.9. The average Bonchev–Trinajstić information content (AvgIpc) is 3.10. The number of hydrogen-bond donors (Lipinski definition) is 1. The van der Waals surface area contributed by atoms with Crippen molar-refractivity contribution in [2.45, 2.75) is 19.4 Å². The highest BCUT2D eigenvalue weighted by molar-refractivity contribution is 7.91. The first kappa shape index (κ1) is 15.9. The lowest BCUT2D eigenvalue weighted by Gasteiger charge is -2.26. The van der Waals surface area contributed by atoms with E-state index in [0.717, 1.165) is 10.9 Å². The van der Waals surface area contributed by atoms with E-state index in [9.17, 15) is 13.2 Å². The lowest BCUT2D eigenvalue weighted by atomic mass is 10.1. The summed E-state index contributed by atoms with van der Waals surface area (Å²) in [6.07, 6.45) is 2.19. The number of fused-ring (bicyclic) bond motifs is 1. The lowest BCUT2D eigenvalue weighted by molar-refractivity contribution is 0.0710. The molecule has 1 unspecified atom stereocenters. The van der Waals surface area contributed by atoms with Gasteiger partial charge >= 0.3 is 0 Å². The molecule has 0 spiro atoms. The number of nitrogens with one attached hydrogen (secondary N) is 1. The number of carbonyl (C=O) groups is 1. The van der Waals surface area contributed by atoms with Crippen molar-refractivity contribution in [3.63, 3.8) is 0 Å². The van der Waals surface area contributed by atoms with E-state index in [1.165, 1.54) is 0 Å². The average molecular weight is 336 g/mol. The van der Waals surface area contributed by atoms with Crippen molar-refractivity contribution in [1.82, 2.24) is 9.88 Å². The second-order valence-corrected chi connectivity index (χ2v) is 7.99. The molecule has 1 aliphatic rings. The Kier molecular flexibility index (Phi) is 4.06. The molecule has 1 aromatic carbocycles. The van der Waals surface area contributed by atoms with Crippen LogP contribution in [0.3, 0.4) is 0 Å². The Hall–Kier alpha value is -2.02. The third kappa shape index (κ3) is 2.93. The molecule has 23 heavy (non-hydrogen) atoms. The number of carbonyl (C=O) groups excluding carboxylic acids is 1. The van der Waals surface area contributed by atoms with Crippen LogP contribution in [0, 0.1) is 0 Å². The number of H-pyrrole nitrogens is 1. The highest BCUT2D eigenvalue weighted by Gasteiger charge is 2.34. The van der Waals surface area contributed by atoms with Crippen LogP contribution in [-0.4, -0.2) is 55.4 Å². The van der Waals surface area contributed by atoms with Crippen LogP contribution >= 0.6 is 0 Å². The van der Waals surface area contributed by atoms with Crippen LogP contribution in [0.4, 0.5) is 0 Å². The Morgan fingerprint density at radius 3 is 2.83 bits per heavy atom. The smallest absolute Gasteiger partial charge is 0.256 e. The predicted molar refractivity (Wildman–Crippen MR) is 88.6 cm³/mol. The molecule has 1 N–H and O–H groups in total. The number of aromatic nitrogens is 1. The molecular formula is C16H20N2O4S. The van der Waals surface area contributed by atoms with E-state index in [-0.39, 0.29) is 23.5 Å². The molecule has 0 aliphatic carbocycles. The van der Waals surface area contributed by atoms with Gasteiger partial charge in [0.1, 0.15) is 5.75 Å². The first-order valence-electron chi connectivity index (χ1n) is 7.61. The molecule has 1 saturated heterocycles. The van der Waals surface area contributed by atoms with Crippen LogP contribution in [-0.2, 0) is 9.84 Å². The molecule has 2 heterocycles. The molecule has 0 radical (unpaired) electrons. The number of nitrogens with zero attached hydrogens (tertiary/aromatic N) is 1. The Morgan fingerprint density at radius 1 is 1.43 bits per heavy atom. The summed E-state index contributed by atoms with van der Waals surface area (Å²) >= 11 is 0. The quantitative estimate of drug-likeness (QED) is 0.924. The van der Waals surface area contributed by atoms with Crippen LogP contribution in [0.15, 0.2) is 24.4 Å². The van der Waals surface area contributed by atoms with Gasteiger partial charge < -0.3 is 14.6 Å². The third-order valence-electron chi connectivity index (χ3n) is 4.37. The van der Waals surface area contributed by atoms with Crippen LogP contribution in [0.2, 0.25) is 0 Å². The summed E-state index contributed by atoms with van der Waals surface area (Å²) in [7, 11) is -1.43. The molecule has 1 fully saturated rings. The van der Waals surface area contributed by atoms with E-state index in [2.05, 4.69) is 4.98 Å². The molecule has 7 heteroatoms. The molecule has 1 atom stereocenters. The summed E-state index contributed by atoms with van der Waals surface area (Å²) < 4.78 is 28.6. The number of hydrogen-bond acceptors (Lipinski definition) is 4. The fraction of sp³-hybridized carbons (Fsp3) is 0.438. The molecule has 1 aromatic heterocycles. The third-order valence-corrected chi connectivity index (χ3v) is 6.12. The van der Waals surface area contributed by atoms with Crippen molar-refractivity contribution in [2.24, 2.45) is 0 Å². The minimum Gasteiger partial charge on any atom is -0.497 e. The van der Waals surface area contributed by atoms with Gasteiger partial charge in [0.05, 0.1) is 24.2 Å². The highest BCUT2D eigenvalue weighted by Crippen LogP contribution is 2.26. The van der Waals surface area contributed by atoms with Crippen LogP contribution in [0.5, 0.6) is 5.75 Å². The zero-order valence-electron chi connectivity index (χ0n) is 13.2. The molecule has 0 bridgehead atoms. The molecule has 124 valence electrons. The Morgan fingerprint density at radius 2 is 2.22 bits per heavy atom. The van der Waals surface area contributed by atoms with E-state index in [4.69, 9.17) is 4.74 Å². The van der Waals surface area contributed by atoms with Crippen molar-refractivity contribution in [1.29, 1.82) is 0 Å². The normalized spacial score (nSPS) is 19.8. The Labute approximate surface area is 135 Å². The summed E-state index contributed by atoms with van der Waals surface area (Å²) in [6, 6.07) is 5.25. The summed E-state index contributed by atoms with van der Waals surface area (Å²) in [4.78, 5) is 17.6. The fourth-order valence-corrected chi connectivity index (χ4v) is 4.88. The van der Waals surface area contributed by atoms with Gasteiger partial charge in [0.25, 0.3) is 5.91 Å². The van der Waals surface area contributed by atoms with E-state index in [0.29, 0.717) is 24.3 Å². The predicted octanol–water partition coefficient (Wildman–Crippen LogP) is 1.83. The molecule has 3 rings (SSSR count). The van der Waals surface area contributed by atoms with Crippen molar-refractivity contribution < 1.29 is 17.9 Å². The molecular weight excluding hydrogens is 316 g/mol. The Balaban J connectivity index is 1.92. The summed E-state index contributed by atoms with van der Waals surface area (Å²) in [5, 5.41) is 0.815. The number of methoxy groups -OCH3 is 1. The second kappa shape index (κ2) is 5.88. The summed E-state index contributed by atoms with van der Waals surface area (Å²) in [6.45, 7) is 2.36. The highest BCUT2D eigenvalue weighted by atomic mass is 32.2. The van der Waals surface area contributed by atoms with Gasteiger partial charge in [-0.05, 0) is 25.5 Å². The van der Waals surface area contributed by atoms with Gasteiger partial charge in [-0.2, -0.15) is 0 Å². The summed E-state index contributed by atoms with van der Waals surface area (Å²) in [5.41, 5.74) is 1.39. The molecule has 1 amide bonds. The SMILES string of the molecule is CCN(C(=O)c1c[nH]c2cc(OC)ccc12)C1CCS(=O)(=O)C1. The van der Waals surface area contributed by atoms with Crippen molar-refractivity contribution in [3.8, 4) is 5.75 Å². The number of ether oxygens (including phenoxy) is 1. The maximum Gasteiger partial charge on any atom is 0.256 e. The van der Waals surface area contributed by atoms with Gasteiger partial charge in [-0.15, -0.1) is 0 Å². The van der Waals surface area contributed by atoms with Crippen LogP contribution in [0.25, 0.3) is 10.9 Å². The zero-order chi connectivity index (χ0) is 16.6. The minimum atomic E-state index is -3.02. The van der Waals surface area contributed by atoms with Gasteiger partial charge in [-0.25, -0.2) is 8.42 Å². The minimum absolute atomic E-state index is 0.0583. The summed E-state index contributed by atoms with van der Waals surface area (Å²) in [5.74, 6) is 0.800.